The van der Waals surface area contributed by atoms with Crippen molar-refractivity contribution in [1.82, 2.24) is 35.2 Å². The van der Waals surface area contributed by atoms with Crippen LogP contribution in [0.3, 0.4) is 0 Å². The molecule has 3 amide bonds. The number of hydrogen-bond donors (Lipinski definition) is 3. The first-order valence-electron chi connectivity index (χ1n) is 14.4. The van der Waals surface area contributed by atoms with Crippen molar-refractivity contribution in [3.05, 3.63) is 71.4 Å². The summed E-state index contributed by atoms with van der Waals surface area (Å²) in [5.74, 6) is -0.442. The van der Waals surface area contributed by atoms with E-state index in [2.05, 4.69) is 48.1 Å². The molecule has 1 atom stereocenters. The van der Waals surface area contributed by atoms with Gasteiger partial charge in [-0.05, 0) is 43.5 Å². The molecule has 13 heteroatoms. The minimum absolute atomic E-state index is 0.00568. The third kappa shape index (κ3) is 5.43. The maximum atomic E-state index is 13.3. The lowest BCUT2D eigenvalue weighted by atomic mass is 9.89. The monoisotopic (exact) mass is 594 g/mol. The number of benzene rings is 1. The van der Waals surface area contributed by atoms with E-state index in [1.54, 1.807) is 28.9 Å². The van der Waals surface area contributed by atoms with Gasteiger partial charge in [0.2, 0.25) is 5.91 Å². The molecule has 1 fully saturated rings. The van der Waals surface area contributed by atoms with E-state index >= 15 is 0 Å². The van der Waals surface area contributed by atoms with Gasteiger partial charge < -0.3 is 25.8 Å². The number of hydrogen-bond acceptors (Lipinski definition) is 9. The van der Waals surface area contributed by atoms with Crippen molar-refractivity contribution in [2.45, 2.75) is 32.4 Å². The Labute approximate surface area is 254 Å². The van der Waals surface area contributed by atoms with E-state index < -0.39 is 5.91 Å². The Balaban J connectivity index is 1.32. The Morgan fingerprint density at radius 2 is 1.84 bits per heavy atom. The summed E-state index contributed by atoms with van der Waals surface area (Å²) in [7, 11) is 7.09. The largest absolute Gasteiger partial charge is 0.366 e. The van der Waals surface area contributed by atoms with Gasteiger partial charge >= 0.3 is 0 Å². The molecule has 0 spiro atoms. The number of nitrogens with one attached hydrogen (secondary N) is 3. The lowest BCUT2D eigenvalue weighted by Crippen LogP contribution is -2.30. The molecular formula is C31H34N10O3. The number of amides is 3. The van der Waals surface area contributed by atoms with Crippen LogP contribution in [0, 0.1) is 5.92 Å². The summed E-state index contributed by atoms with van der Waals surface area (Å²) in [6.07, 6.45) is 5.31. The van der Waals surface area contributed by atoms with E-state index in [0.717, 1.165) is 46.6 Å². The van der Waals surface area contributed by atoms with Gasteiger partial charge in [-0.3, -0.25) is 24.0 Å². The number of aryl methyl sites for hydroxylation is 1. The van der Waals surface area contributed by atoms with E-state index in [-0.39, 0.29) is 35.3 Å². The van der Waals surface area contributed by atoms with E-state index in [4.69, 9.17) is 0 Å². The second kappa shape index (κ2) is 11.4. The molecule has 13 nitrogen and oxygen atoms in total. The van der Waals surface area contributed by atoms with Gasteiger partial charge in [0.05, 0.1) is 35.3 Å². The first kappa shape index (κ1) is 28.8. The van der Waals surface area contributed by atoms with Crippen LogP contribution in [0.4, 0.5) is 22.9 Å². The first-order chi connectivity index (χ1) is 21.1. The average molecular weight is 595 g/mol. The zero-order valence-corrected chi connectivity index (χ0v) is 25.3. The van der Waals surface area contributed by atoms with Crippen LogP contribution in [0.5, 0.6) is 0 Å². The molecule has 1 aliphatic carbocycles. The van der Waals surface area contributed by atoms with Gasteiger partial charge in [0.1, 0.15) is 5.69 Å². The Bertz CT molecular complexity index is 1780. The third-order valence-corrected chi connectivity index (χ3v) is 8.08. The van der Waals surface area contributed by atoms with E-state index in [1.807, 2.05) is 50.6 Å². The van der Waals surface area contributed by atoms with E-state index in [0.29, 0.717) is 17.9 Å². The molecule has 4 heterocycles. The van der Waals surface area contributed by atoms with E-state index in [9.17, 15) is 14.4 Å². The molecule has 1 saturated carbocycles. The van der Waals surface area contributed by atoms with Gasteiger partial charge in [-0.2, -0.15) is 5.10 Å². The predicted octanol–water partition coefficient (Wildman–Crippen LogP) is 3.51. The number of carbonyl (C=O) groups excluding carboxylic acids is 3. The molecule has 226 valence electrons. The highest BCUT2D eigenvalue weighted by atomic mass is 16.2. The third-order valence-electron chi connectivity index (χ3n) is 8.08. The second-order valence-corrected chi connectivity index (χ2v) is 11.2. The summed E-state index contributed by atoms with van der Waals surface area (Å²) < 4.78 is 1.71. The Morgan fingerprint density at radius 1 is 1.05 bits per heavy atom. The summed E-state index contributed by atoms with van der Waals surface area (Å²) in [4.78, 5) is 46.7. The standard InChI is InChI=1S/C31H34N10O3/c1-17-21-13-25(31(44)39(3)16-19-11-12-40(4)38-19)33-15-22(21)20-7-6-8-23(28(20)41(17)5)34-24-14-26(35-29(42)18-9-10-18)36-37-27(24)30(43)32-2/h6-8,11-15,17-18H,9-10,16H2,1-5H3,(H,32,43)(H2,34,35,36,42)/t17-/m0/s1. The molecule has 44 heavy (non-hydrogen) atoms. The van der Waals surface area contributed by atoms with Gasteiger partial charge in [0, 0.05) is 63.7 Å². The Hall–Kier alpha value is -5.33. The molecule has 3 N–H and O–H groups in total. The maximum absolute atomic E-state index is 13.3. The summed E-state index contributed by atoms with van der Waals surface area (Å²) in [6.45, 7) is 2.44. The summed E-state index contributed by atoms with van der Waals surface area (Å²) in [5, 5.41) is 21.3. The van der Waals surface area contributed by atoms with Gasteiger partial charge in [0.15, 0.2) is 11.5 Å². The predicted molar refractivity (Wildman–Crippen MR) is 166 cm³/mol. The average Bonchev–Trinajstić information content (AvgIpc) is 3.80. The van der Waals surface area contributed by atoms with Crippen LogP contribution in [0.1, 0.15) is 58.0 Å². The smallest absolute Gasteiger partial charge is 0.273 e. The first-order valence-corrected chi connectivity index (χ1v) is 14.4. The molecule has 6 rings (SSSR count). The second-order valence-electron chi connectivity index (χ2n) is 11.2. The van der Waals surface area contributed by atoms with Crippen molar-refractivity contribution >= 4 is 40.6 Å². The molecule has 1 aliphatic heterocycles. The fraction of sp³-hybridized carbons (Fsp3) is 0.323. The van der Waals surface area contributed by atoms with Crippen LogP contribution in [0.2, 0.25) is 0 Å². The number of nitrogens with zero attached hydrogens (tertiary/aromatic N) is 7. The number of aromatic nitrogens is 5. The number of fused-ring (bicyclic) bond motifs is 3. The number of carbonyl (C=O) groups is 3. The molecular weight excluding hydrogens is 560 g/mol. The molecule has 4 aromatic rings. The van der Waals surface area contributed by atoms with Crippen molar-refractivity contribution in [2.75, 3.05) is 36.7 Å². The fourth-order valence-electron chi connectivity index (χ4n) is 5.41. The lowest BCUT2D eigenvalue weighted by Gasteiger charge is -2.37. The van der Waals surface area contributed by atoms with Gasteiger partial charge in [-0.1, -0.05) is 12.1 Å². The molecule has 0 saturated heterocycles. The van der Waals surface area contributed by atoms with Gasteiger partial charge in [-0.15, -0.1) is 10.2 Å². The normalized spacial score (nSPS) is 15.2. The molecule has 2 aliphatic rings. The topological polar surface area (TPSA) is 150 Å². The maximum Gasteiger partial charge on any atom is 0.273 e. The molecule has 0 unspecified atom stereocenters. The zero-order valence-electron chi connectivity index (χ0n) is 25.3. The van der Waals surface area contributed by atoms with Crippen LogP contribution >= 0.6 is 0 Å². The van der Waals surface area contributed by atoms with Crippen LogP contribution < -0.4 is 20.9 Å². The molecule has 1 aromatic carbocycles. The highest BCUT2D eigenvalue weighted by molar-refractivity contribution is 6.01. The van der Waals surface area contributed by atoms with Crippen molar-refractivity contribution < 1.29 is 14.4 Å². The molecule has 0 radical (unpaired) electrons. The van der Waals surface area contributed by atoms with Crippen LogP contribution in [0.25, 0.3) is 11.1 Å². The lowest BCUT2D eigenvalue weighted by molar-refractivity contribution is -0.117. The SMILES string of the molecule is CNC(=O)c1nnc(NC(=O)C2CC2)cc1Nc1cccc2c1N(C)[C@@H](C)c1cc(C(=O)N(C)Cc3ccn(C)n3)ncc1-2. The van der Waals surface area contributed by atoms with Crippen molar-refractivity contribution in [3.8, 4) is 11.1 Å². The number of rotatable bonds is 8. The minimum atomic E-state index is -0.411. The number of pyridine rings is 1. The Kier molecular flexibility index (Phi) is 7.45. The summed E-state index contributed by atoms with van der Waals surface area (Å²) >= 11 is 0. The molecule has 3 aromatic heterocycles. The highest BCUT2D eigenvalue weighted by Crippen LogP contribution is 2.48. The minimum Gasteiger partial charge on any atom is -0.366 e. The molecule has 0 bridgehead atoms. The van der Waals surface area contributed by atoms with Crippen molar-refractivity contribution in [2.24, 2.45) is 13.0 Å². The van der Waals surface area contributed by atoms with Crippen LogP contribution in [-0.2, 0) is 18.4 Å². The van der Waals surface area contributed by atoms with Crippen LogP contribution in [-0.4, -0.2) is 68.7 Å². The quantitative estimate of drug-likeness (QED) is 0.278. The van der Waals surface area contributed by atoms with Gasteiger partial charge in [-0.25, -0.2) is 0 Å². The fourth-order valence-corrected chi connectivity index (χ4v) is 5.41. The van der Waals surface area contributed by atoms with Crippen molar-refractivity contribution in [3.63, 3.8) is 0 Å². The number of para-hydroxylation sites is 1. The van der Waals surface area contributed by atoms with Crippen LogP contribution in [0.15, 0.2) is 48.8 Å². The Morgan fingerprint density at radius 3 is 2.55 bits per heavy atom. The zero-order chi connectivity index (χ0) is 31.1. The number of anilines is 4. The summed E-state index contributed by atoms with van der Waals surface area (Å²) in [6, 6.07) is 11.1. The highest BCUT2D eigenvalue weighted by Gasteiger charge is 2.32. The van der Waals surface area contributed by atoms with E-state index in [1.165, 1.54) is 7.05 Å². The summed E-state index contributed by atoms with van der Waals surface area (Å²) in [5.41, 5.74) is 6.09. The van der Waals surface area contributed by atoms with Gasteiger partial charge in [0.25, 0.3) is 11.8 Å². The van der Waals surface area contributed by atoms with Crippen molar-refractivity contribution in [1.29, 1.82) is 0 Å².